The van der Waals surface area contributed by atoms with Gasteiger partial charge in [0, 0.05) is 25.3 Å². The Bertz CT molecular complexity index is 966. The largest absolute Gasteiger partial charge is 0.469 e. The fourth-order valence-corrected chi connectivity index (χ4v) is 4.08. The molecule has 37 heavy (non-hydrogen) atoms. The summed E-state index contributed by atoms with van der Waals surface area (Å²) in [6.07, 6.45) is 15.4. The third-order valence-electron chi connectivity index (χ3n) is 6.38. The van der Waals surface area contributed by atoms with Gasteiger partial charge in [-0.15, -0.1) is 0 Å². The SMILES string of the molecule is COC(=O)CC/C(C)=C/CC/C(C)=C/CC/C(C)=C/Cc1cc(OC2CCCCO2)ccc1OC(C)=O. The van der Waals surface area contributed by atoms with Gasteiger partial charge in [-0.1, -0.05) is 34.9 Å². The number of allylic oxidation sites excluding steroid dienone is 6. The normalized spacial score (nSPS) is 16.9. The Balaban J connectivity index is 1.86. The van der Waals surface area contributed by atoms with Crippen LogP contribution in [0.25, 0.3) is 0 Å². The maximum Gasteiger partial charge on any atom is 0.308 e. The number of benzene rings is 1. The summed E-state index contributed by atoms with van der Waals surface area (Å²) in [5, 5.41) is 0. The molecule has 6 heteroatoms. The minimum Gasteiger partial charge on any atom is -0.469 e. The monoisotopic (exact) mass is 512 g/mol. The van der Waals surface area contributed by atoms with E-state index >= 15 is 0 Å². The molecule has 0 amide bonds. The van der Waals surface area contributed by atoms with Crippen molar-refractivity contribution >= 4 is 11.9 Å². The van der Waals surface area contributed by atoms with Crippen LogP contribution in [0.3, 0.4) is 0 Å². The van der Waals surface area contributed by atoms with E-state index in [4.69, 9.17) is 18.9 Å². The lowest BCUT2D eigenvalue weighted by atomic mass is 10.0. The Morgan fingerprint density at radius 3 is 2.22 bits per heavy atom. The molecule has 2 rings (SSSR count). The van der Waals surface area contributed by atoms with Gasteiger partial charge in [0.05, 0.1) is 13.7 Å². The molecule has 0 bridgehead atoms. The molecule has 204 valence electrons. The minimum atomic E-state index is -0.333. The molecule has 0 aliphatic carbocycles. The van der Waals surface area contributed by atoms with Crippen molar-refractivity contribution < 1.29 is 28.5 Å². The van der Waals surface area contributed by atoms with Crippen LogP contribution in [0.1, 0.15) is 91.0 Å². The standard InChI is InChI=1S/C31H44O6/c1-23(11-9-13-25(3)16-20-30(33)34-5)10-8-12-24(2)15-17-27-22-28(18-19-29(27)36-26(4)32)37-31-14-6-7-21-35-31/h10,13,15,18-19,22,31H,6-9,11-12,14,16-17,20-21H2,1-5H3/b23-10+,24-15+,25-13+. The lowest BCUT2D eigenvalue weighted by molar-refractivity contribution is -0.140. The summed E-state index contributed by atoms with van der Waals surface area (Å²) < 4.78 is 21.8. The van der Waals surface area contributed by atoms with Crippen LogP contribution in [0.4, 0.5) is 0 Å². The van der Waals surface area contributed by atoms with Crippen molar-refractivity contribution in [3.8, 4) is 11.5 Å². The van der Waals surface area contributed by atoms with Crippen molar-refractivity contribution in [2.24, 2.45) is 0 Å². The summed E-state index contributed by atoms with van der Waals surface area (Å²) in [5.41, 5.74) is 4.81. The molecule has 6 nitrogen and oxygen atoms in total. The third kappa shape index (κ3) is 12.8. The number of carbonyl (C=O) groups is 2. The van der Waals surface area contributed by atoms with E-state index in [9.17, 15) is 9.59 Å². The number of methoxy groups -OCH3 is 1. The molecule has 1 unspecified atom stereocenters. The second kappa shape index (κ2) is 16.8. The summed E-state index contributed by atoms with van der Waals surface area (Å²) in [6.45, 7) is 8.52. The maximum absolute atomic E-state index is 11.6. The van der Waals surface area contributed by atoms with E-state index in [1.54, 1.807) is 6.07 Å². The summed E-state index contributed by atoms with van der Waals surface area (Å²) in [6, 6.07) is 5.58. The summed E-state index contributed by atoms with van der Waals surface area (Å²) in [5.74, 6) is 0.807. The number of hydrogen-bond acceptors (Lipinski definition) is 6. The van der Waals surface area contributed by atoms with Crippen molar-refractivity contribution in [2.75, 3.05) is 13.7 Å². The van der Waals surface area contributed by atoms with Crippen LogP contribution in [-0.4, -0.2) is 31.9 Å². The van der Waals surface area contributed by atoms with Gasteiger partial charge < -0.3 is 18.9 Å². The average molecular weight is 513 g/mol. The van der Waals surface area contributed by atoms with Gasteiger partial charge in [0.2, 0.25) is 0 Å². The molecule has 1 aliphatic heterocycles. The van der Waals surface area contributed by atoms with E-state index in [1.165, 1.54) is 30.8 Å². The van der Waals surface area contributed by atoms with Crippen LogP contribution in [0.5, 0.6) is 11.5 Å². The van der Waals surface area contributed by atoms with Gasteiger partial charge in [0.15, 0.2) is 6.29 Å². The molecule has 1 aliphatic rings. The minimum absolute atomic E-state index is 0.162. The zero-order chi connectivity index (χ0) is 27.0. The van der Waals surface area contributed by atoms with Crippen LogP contribution < -0.4 is 9.47 Å². The first kappa shape index (κ1) is 30.4. The highest BCUT2D eigenvalue weighted by Gasteiger charge is 2.16. The van der Waals surface area contributed by atoms with Gasteiger partial charge >= 0.3 is 11.9 Å². The molecule has 0 spiro atoms. The first-order valence-corrected chi connectivity index (χ1v) is 13.4. The zero-order valence-electron chi connectivity index (χ0n) is 23.3. The van der Waals surface area contributed by atoms with Gasteiger partial charge in [-0.2, -0.15) is 0 Å². The van der Waals surface area contributed by atoms with Gasteiger partial charge in [-0.05, 0) is 90.3 Å². The first-order chi connectivity index (χ1) is 17.8. The van der Waals surface area contributed by atoms with Crippen LogP contribution in [0.2, 0.25) is 0 Å². The molecule has 1 aromatic carbocycles. The van der Waals surface area contributed by atoms with E-state index in [0.717, 1.165) is 69.3 Å². The van der Waals surface area contributed by atoms with E-state index in [2.05, 4.69) is 39.0 Å². The van der Waals surface area contributed by atoms with Gasteiger partial charge in [0.25, 0.3) is 0 Å². The number of esters is 2. The van der Waals surface area contributed by atoms with Crippen LogP contribution in [0.15, 0.2) is 53.1 Å². The highest BCUT2D eigenvalue weighted by molar-refractivity contribution is 5.70. The maximum atomic E-state index is 11.6. The van der Waals surface area contributed by atoms with Crippen molar-refractivity contribution in [1.29, 1.82) is 0 Å². The fraction of sp³-hybridized carbons (Fsp3) is 0.548. The number of ether oxygens (including phenoxy) is 4. The Labute approximate surface area is 222 Å². The topological polar surface area (TPSA) is 71.1 Å². The van der Waals surface area contributed by atoms with Crippen LogP contribution >= 0.6 is 0 Å². The Morgan fingerprint density at radius 2 is 1.59 bits per heavy atom. The molecule has 0 radical (unpaired) electrons. The summed E-state index contributed by atoms with van der Waals surface area (Å²) in [7, 11) is 1.42. The zero-order valence-corrected chi connectivity index (χ0v) is 23.3. The molecule has 1 atom stereocenters. The number of rotatable bonds is 14. The second-order valence-corrected chi connectivity index (χ2v) is 9.79. The fourth-order valence-electron chi connectivity index (χ4n) is 4.08. The van der Waals surface area contributed by atoms with Crippen molar-refractivity contribution in [2.45, 2.75) is 98.2 Å². The summed E-state index contributed by atoms with van der Waals surface area (Å²) in [4.78, 5) is 22.8. The predicted molar refractivity (Wildman–Crippen MR) is 147 cm³/mol. The highest BCUT2D eigenvalue weighted by atomic mass is 16.7. The molecule has 0 saturated carbocycles. The molecular weight excluding hydrogens is 468 g/mol. The third-order valence-corrected chi connectivity index (χ3v) is 6.38. The van der Waals surface area contributed by atoms with Crippen molar-refractivity contribution in [1.82, 2.24) is 0 Å². The molecule has 0 N–H and O–H groups in total. The van der Waals surface area contributed by atoms with E-state index in [0.29, 0.717) is 18.6 Å². The average Bonchev–Trinajstić information content (AvgIpc) is 2.87. The lowest BCUT2D eigenvalue weighted by Gasteiger charge is -2.24. The molecule has 1 fully saturated rings. The lowest BCUT2D eigenvalue weighted by Crippen LogP contribution is -2.25. The number of carbonyl (C=O) groups excluding carboxylic acids is 2. The molecule has 1 aromatic rings. The van der Waals surface area contributed by atoms with E-state index < -0.39 is 0 Å². The van der Waals surface area contributed by atoms with Crippen LogP contribution in [0, 0.1) is 0 Å². The summed E-state index contributed by atoms with van der Waals surface area (Å²) >= 11 is 0. The Kier molecular flexibility index (Phi) is 13.8. The van der Waals surface area contributed by atoms with Crippen molar-refractivity contribution in [3.05, 3.63) is 58.7 Å². The van der Waals surface area contributed by atoms with Gasteiger partial charge in [-0.3, -0.25) is 9.59 Å². The predicted octanol–water partition coefficient (Wildman–Crippen LogP) is 7.41. The molecule has 0 aromatic heterocycles. The molecule has 1 heterocycles. The Hall–Kier alpha value is -2.86. The number of hydrogen-bond donors (Lipinski definition) is 0. The second-order valence-electron chi connectivity index (χ2n) is 9.79. The van der Waals surface area contributed by atoms with Gasteiger partial charge in [-0.25, -0.2) is 0 Å². The van der Waals surface area contributed by atoms with Crippen LogP contribution in [-0.2, 0) is 25.5 Å². The molecular formula is C31H44O6. The van der Waals surface area contributed by atoms with E-state index in [-0.39, 0.29) is 18.2 Å². The molecule has 1 saturated heterocycles. The van der Waals surface area contributed by atoms with E-state index in [1.807, 2.05) is 12.1 Å². The van der Waals surface area contributed by atoms with Crippen molar-refractivity contribution in [3.63, 3.8) is 0 Å². The smallest absolute Gasteiger partial charge is 0.308 e. The first-order valence-electron chi connectivity index (χ1n) is 13.4. The quantitative estimate of drug-likeness (QED) is 0.147. The Morgan fingerprint density at radius 1 is 0.919 bits per heavy atom. The van der Waals surface area contributed by atoms with Gasteiger partial charge in [0.1, 0.15) is 11.5 Å². The highest BCUT2D eigenvalue weighted by Crippen LogP contribution is 2.28.